The van der Waals surface area contributed by atoms with Crippen LogP contribution in [-0.2, 0) is 18.0 Å². The fourth-order valence-corrected chi connectivity index (χ4v) is 5.35. The molecule has 204 valence electrons. The first-order valence-electron chi connectivity index (χ1n) is 12.8. The Balaban J connectivity index is 1.53. The molecule has 4 heterocycles. The number of pyridine rings is 2. The smallest absolute Gasteiger partial charge is 0.367 e. The monoisotopic (exact) mass is 546 g/mol. The molecule has 1 fully saturated rings. The number of rotatable bonds is 3. The lowest BCUT2D eigenvalue weighted by Crippen LogP contribution is -2.48. The zero-order valence-electron chi connectivity index (χ0n) is 21.8. The highest BCUT2D eigenvalue weighted by Crippen LogP contribution is 2.39. The minimum atomic E-state index is -4.66. The van der Waals surface area contributed by atoms with E-state index in [0.717, 1.165) is 17.2 Å². The highest BCUT2D eigenvalue weighted by Gasteiger charge is 2.36. The summed E-state index contributed by atoms with van der Waals surface area (Å²) in [5.41, 5.74) is 1.62. The number of hydrogen-bond donors (Lipinski definition) is 0. The van der Waals surface area contributed by atoms with Gasteiger partial charge in [0.25, 0.3) is 5.56 Å². The highest BCUT2D eigenvalue weighted by molar-refractivity contribution is 6.05. The fourth-order valence-electron chi connectivity index (χ4n) is 5.35. The van der Waals surface area contributed by atoms with Crippen molar-refractivity contribution in [3.63, 3.8) is 0 Å². The van der Waals surface area contributed by atoms with Crippen molar-refractivity contribution in [1.82, 2.24) is 24.2 Å². The third kappa shape index (κ3) is 4.47. The van der Waals surface area contributed by atoms with Gasteiger partial charge in [0.2, 0.25) is 5.91 Å². The summed E-state index contributed by atoms with van der Waals surface area (Å²) < 4.78 is 46.2. The van der Waals surface area contributed by atoms with E-state index in [-0.39, 0.29) is 30.4 Å². The van der Waals surface area contributed by atoms with Gasteiger partial charge in [0.15, 0.2) is 0 Å². The van der Waals surface area contributed by atoms with Crippen LogP contribution in [0.4, 0.5) is 18.9 Å². The zero-order chi connectivity index (χ0) is 28.2. The molecule has 5 aromatic rings. The van der Waals surface area contributed by atoms with Gasteiger partial charge >= 0.3 is 6.18 Å². The van der Waals surface area contributed by atoms with Gasteiger partial charge < -0.3 is 9.80 Å². The SMILES string of the molecule is CC(=O)N1CCN(c2ccc(-n3c(=O)ccc4cnc5ccc(-c6cnn(C)c6)cc5c43)cc2C(F)(F)F)CC1. The number of benzene rings is 2. The van der Waals surface area contributed by atoms with Crippen molar-refractivity contribution in [2.45, 2.75) is 13.1 Å². The van der Waals surface area contributed by atoms with Gasteiger partial charge in [-0.15, -0.1) is 0 Å². The normalized spacial score (nSPS) is 14.3. The number of amides is 1. The summed E-state index contributed by atoms with van der Waals surface area (Å²) in [4.78, 5) is 32.7. The number of aromatic nitrogens is 4. The Morgan fingerprint density at radius 3 is 2.38 bits per heavy atom. The lowest BCUT2D eigenvalue weighted by atomic mass is 10.0. The van der Waals surface area contributed by atoms with Crippen LogP contribution >= 0.6 is 0 Å². The number of carbonyl (C=O) groups excluding carboxylic acids is 1. The fraction of sp³-hybridized carbons (Fsp3) is 0.241. The zero-order valence-corrected chi connectivity index (χ0v) is 21.8. The van der Waals surface area contributed by atoms with Gasteiger partial charge in [-0.2, -0.15) is 18.3 Å². The summed E-state index contributed by atoms with van der Waals surface area (Å²) in [7, 11) is 1.81. The maximum atomic E-state index is 14.4. The number of alkyl halides is 3. The Hall–Kier alpha value is -4.67. The van der Waals surface area contributed by atoms with Crippen LogP contribution in [-0.4, -0.2) is 56.3 Å². The molecular weight excluding hydrogens is 521 g/mol. The number of fused-ring (bicyclic) bond motifs is 3. The van der Waals surface area contributed by atoms with Crippen LogP contribution in [0.25, 0.3) is 38.6 Å². The molecule has 1 saturated heterocycles. The van der Waals surface area contributed by atoms with E-state index in [2.05, 4.69) is 10.1 Å². The molecule has 0 spiro atoms. The Kier molecular flexibility index (Phi) is 6.09. The molecular formula is C29H25F3N6O2. The third-order valence-corrected chi connectivity index (χ3v) is 7.36. The number of nitrogens with zero attached hydrogens (tertiary/aromatic N) is 6. The molecule has 0 bridgehead atoms. The van der Waals surface area contributed by atoms with Gasteiger partial charge in [-0.25, -0.2) is 0 Å². The van der Waals surface area contributed by atoms with Crippen molar-refractivity contribution in [2.24, 2.45) is 7.05 Å². The number of carbonyl (C=O) groups is 1. The molecule has 0 atom stereocenters. The second kappa shape index (κ2) is 9.51. The molecule has 0 radical (unpaired) electrons. The first-order chi connectivity index (χ1) is 19.1. The van der Waals surface area contributed by atoms with Crippen molar-refractivity contribution >= 4 is 33.4 Å². The minimum absolute atomic E-state index is 0.0260. The van der Waals surface area contributed by atoms with Crippen molar-refractivity contribution < 1.29 is 18.0 Å². The van der Waals surface area contributed by atoms with Gasteiger partial charge in [0.05, 0.1) is 28.5 Å². The maximum Gasteiger partial charge on any atom is 0.418 e. The Morgan fingerprint density at radius 1 is 0.925 bits per heavy atom. The van der Waals surface area contributed by atoms with Crippen molar-refractivity contribution in [2.75, 3.05) is 31.1 Å². The van der Waals surface area contributed by atoms with E-state index >= 15 is 0 Å². The molecule has 1 aliphatic rings. The largest absolute Gasteiger partial charge is 0.418 e. The van der Waals surface area contributed by atoms with Crippen LogP contribution < -0.4 is 10.5 Å². The van der Waals surface area contributed by atoms with Gasteiger partial charge in [-0.05, 0) is 42.0 Å². The molecule has 6 rings (SSSR count). The van der Waals surface area contributed by atoms with Crippen molar-refractivity contribution in [1.29, 1.82) is 0 Å². The van der Waals surface area contributed by atoms with E-state index in [9.17, 15) is 22.8 Å². The van der Waals surface area contributed by atoms with Crippen LogP contribution in [0.3, 0.4) is 0 Å². The molecule has 0 saturated carbocycles. The van der Waals surface area contributed by atoms with E-state index in [1.807, 2.05) is 31.4 Å². The number of aryl methyl sites for hydroxylation is 1. The number of hydrogen-bond acceptors (Lipinski definition) is 5. The number of halogens is 3. The van der Waals surface area contributed by atoms with Crippen LogP contribution in [0.1, 0.15) is 12.5 Å². The second-order valence-electron chi connectivity index (χ2n) is 9.90. The lowest BCUT2D eigenvalue weighted by molar-refractivity contribution is -0.137. The summed E-state index contributed by atoms with van der Waals surface area (Å²) in [6.45, 7) is 2.70. The van der Waals surface area contributed by atoms with Crippen molar-refractivity contribution in [3.05, 3.63) is 83.0 Å². The van der Waals surface area contributed by atoms with Gasteiger partial charge in [-0.3, -0.25) is 23.8 Å². The summed E-state index contributed by atoms with van der Waals surface area (Å²) in [5, 5.41) is 5.48. The Morgan fingerprint density at radius 2 is 1.70 bits per heavy atom. The molecule has 0 aliphatic carbocycles. The lowest BCUT2D eigenvalue weighted by Gasteiger charge is -2.36. The summed E-state index contributed by atoms with van der Waals surface area (Å²) >= 11 is 0. The van der Waals surface area contributed by atoms with E-state index in [1.54, 1.807) is 39.0 Å². The summed E-state index contributed by atoms with van der Waals surface area (Å²) in [6, 6.07) is 12.6. The molecule has 1 amide bonds. The molecule has 3 aromatic heterocycles. The first kappa shape index (κ1) is 25.6. The molecule has 2 aromatic carbocycles. The van der Waals surface area contributed by atoms with E-state index in [0.29, 0.717) is 34.9 Å². The maximum absolute atomic E-state index is 14.4. The molecule has 0 N–H and O–H groups in total. The van der Waals surface area contributed by atoms with Crippen LogP contribution in [0.2, 0.25) is 0 Å². The summed E-state index contributed by atoms with van der Waals surface area (Å²) in [5.74, 6) is -0.102. The standard InChI is InChI=1S/C29H25F3N6O2/c1-18(39)36-9-11-37(12-10-36)26-7-5-22(14-24(26)29(30,31)32)38-27(40)8-4-20-15-33-25-6-3-19(13-23(25)28(20)38)21-16-34-35(2)17-21/h3-8,13-17H,9-12H2,1-2H3. The van der Waals surface area contributed by atoms with Gasteiger partial charge in [-0.1, -0.05) is 6.07 Å². The minimum Gasteiger partial charge on any atom is -0.367 e. The molecule has 1 aliphatic heterocycles. The van der Waals surface area contributed by atoms with E-state index < -0.39 is 17.3 Å². The van der Waals surface area contributed by atoms with Crippen LogP contribution in [0, 0.1) is 0 Å². The van der Waals surface area contributed by atoms with E-state index in [4.69, 9.17) is 0 Å². The number of anilines is 1. The average molecular weight is 547 g/mol. The number of piperazine rings is 1. The van der Waals surface area contributed by atoms with Crippen LogP contribution in [0.5, 0.6) is 0 Å². The topological polar surface area (TPSA) is 76.3 Å². The predicted molar refractivity (Wildman–Crippen MR) is 147 cm³/mol. The van der Waals surface area contributed by atoms with Crippen LogP contribution in [0.15, 0.2) is 71.9 Å². The highest BCUT2D eigenvalue weighted by atomic mass is 19.4. The summed E-state index contributed by atoms with van der Waals surface area (Å²) in [6.07, 6.45) is 0.536. The molecule has 0 unspecified atom stereocenters. The first-order valence-corrected chi connectivity index (χ1v) is 12.8. The van der Waals surface area contributed by atoms with Gasteiger partial charge in [0, 0.05) is 80.6 Å². The van der Waals surface area contributed by atoms with Gasteiger partial charge in [0.1, 0.15) is 0 Å². The Bertz CT molecular complexity index is 1830. The molecule has 40 heavy (non-hydrogen) atoms. The molecule has 11 heteroatoms. The Labute approximate surface area is 226 Å². The average Bonchev–Trinajstić information content (AvgIpc) is 3.38. The quantitative estimate of drug-likeness (QED) is 0.309. The second-order valence-corrected chi connectivity index (χ2v) is 9.90. The third-order valence-electron chi connectivity index (χ3n) is 7.36. The van der Waals surface area contributed by atoms with Crippen molar-refractivity contribution in [3.8, 4) is 16.8 Å². The molecule has 8 nitrogen and oxygen atoms in total. The predicted octanol–water partition coefficient (Wildman–Crippen LogP) is 4.63. The van der Waals surface area contributed by atoms with E-state index in [1.165, 1.54) is 23.6 Å².